The Morgan fingerprint density at radius 1 is 1.28 bits per heavy atom. The second-order valence-electron chi connectivity index (χ2n) is 8.54. The number of pyridine rings is 1. The zero-order valence-electron chi connectivity index (χ0n) is 18.1. The van der Waals surface area contributed by atoms with E-state index in [0.717, 1.165) is 24.1 Å². The lowest BCUT2D eigenvalue weighted by Gasteiger charge is -2.35. The summed E-state index contributed by atoms with van der Waals surface area (Å²) in [4.78, 5) is 34.2. The Bertz CT molecular complexity index is 1020. The van der Waals surface area contributed by atoms with E-state index in [1.807, 2.05) is 4.90 Å². The molecular weight excluding hydrogens is 416 g/mol. The molecule has 4 rings (SSSR count). The fourth-order valence-electron chi connectivity index (χ4n) is 4.32. The van der Waals surface area contributed by atoms with Crippen LogP contribution in [0.4, 0.5) is 14.6 Å². The van der Waals surface area contributed by atoms with E-state index in [2.05, 4.69) is 11.6 Å². The van der Waals surface area contributed by atoms with Crippen LogP contribution in [0.15, 0.2) is 48.5 Å². The summed E-state index contributed by atoms with van der Waals surface area (Å²) in [6.45, 7) is 5.79. The Hall–Kier alpha value is -3.07. The van der Waals surface area contributed by atoms with Gasteiger partial charge in [0.25, 0.3) is 17.7 Å². The molecule has 3 aliphatic heterocycles. The predicted octanol–water partition coefficient (Wildman–Crippen LogP) is 2.81. The van der Waals surface area contributed by atoms with Crippen LogP contribution in [0.2, 0.25) is 0 Å². The first-order chi connectivity index (χ1) is 15.2. The predicted molar refractivity (Wildman–Crippen MR) is 117 cm³/mol. The van der Waals surface area contributed by atoms with Gasteiger partial charge in [0.2, 0.25) is 0 Å². The van der Waals surface area contributed by atoms with E-state index in [0.29, 0.717) is 30.0 Å². The number of anilines is 1. The zero-order valence-corrected chi connectivity index (χ0v) is 18.1. The Balaban J connectivity index is 1.55. The molecule has 3 aliphatic rings. The first-order valence-electron chi connectivity index (χ1n) is 10.7. The van der Waals surface area contributed by atoms with E-state index in [1.165, 1.54) is 16.0 Å². The minimum Gasteiger partial charge on any atom is -0.333 e. The molecule has 0 radical (unpaired) electrons. The van der Waals surface area contributed by atoms with Crippen molar-refractivity contribution in [2.45, 2.75) is 44.7 Å². The van der Waals surface area contributed by atoms with Crippen molar-refractivity contribution in [1.29, 1.82) is 0 Å². The van der Waals surface area contributed by atoms with E-state index in [1.54, 1.807) is 31.3 Å². The first kappa shape index (κ1) is 22.1. The van der Waals surface area contributed by atoms with Crippen LogP contribution in [0.3, 0.4) is 0 Å². The number of likely N-dealkylation sites (tertiary alicyclic amines) is 1. The highest BCUT2D eigenvalue weighted by Gasteiger charge is 2.37. The van der Waals surface area contributed by atoms with Gasteiger partial charge in [-0.15, -0.1) is 0 Å². The fourth-order valence-corrected chi connectivity index (χ4v) is 4.32. The van der Waals surface area contributed by atoms with E-state index in [-0.39, 0.29) is 18.7 Å². The molecule has 7 nitrogen and oxygen atoms in total. The van der Waals surface area contributed by atoms with Crippen LogP contribution < -0.4 is 10.6 Å². The van der Waals surface area contributed by atoms with Crippen LogP contribution in [0.25, 0.3) is 0 Å². The lowest BCUT2D eigenvalue weighted by molar-refractivity contribution is -0.125. The van der Waals surface area contributed by atoms with Crippen LogP contribution >= 0.6 is 0 Å². The van der Waals surface area contributed by atoms with Crippen molar-refractivity contribution in [3.8, 4) is 0 Å². The first-order valence-corrected chi connectivity index (χ1v) is 10.7. The molecule has 0 aliphatic carbocycles. The highest BCUT2D eigenvalue weighted by Crippen LogP contribution is 2.32. The SMILES string of the molecule is C=C(C)C(=O)N1C=CC(N2CCCc3cc(C(=O)N4CCCC(F)(F)C4)cnc32)=CC1N. The van der Waals surface area contributed by atoms with Gasteiger partial charge in [-0.2, -0.15) is 0 Å². The van der Waals surface area contributed by atoms with Crippen LogP contribution in [0.1, 0.15) is 42.1 Å². The molecule has 0 saturated carbocycles. The van der Waals surface area contributed by atoms with Gasteiger partial charge < -0.3 is 15.5 Å². The zero-order chi connectivity index (χ0) is 23.0. The molecule has 1 aromatic heterocycles. The van der Waals surface area contributed by atoms with Crippen LogP contribution in [0, 0.1) is 0 Å². The number of hydrogen-bond acceptors (Lipinski definition) is 5. The van der Waals surface area contributed by atoms with Crippen molar-refractivity contribution in [2.24, 2.45) is 5.73 Å². The van der Waals surface area contributed by atoms with Crippen molar-refractivity contribution < 1.29 is 18.4 Å². The maximum atomic E-state index is 13.7. The molecule has 0 aromatic carbocycles. The number of nitrogens with two attached hydrogens (primary N) is 1. The summed E-state index contributed by atoms with van der Waals surface area (Å²) in [6, 6.07) is 1.76. The largest absolute Gasteiger partial charge is 0.333 e. The molecule has 1 saturated heterocycles. The average molecular weight is 443 g/mol. The molecular formula is C23H27F2N5O2. The van der Waals surface area contributed by atoms with Gasteiger partial charge in [-0.1, -0.05) is 6.58 Å². The Morgan fingerprint density at radius 3 is 2.75 bits per heavy atom. The second-order valence-corrected chi connectivity index (χ2v) is 8.54. The molecule has 170 valence electrons. The summed E-state index contributed by atoms with van der Waals surface area (Å²) in [5.41, 5.74) is 8.60. The van der Waals surface area contributed by atoms with Crippen LogP contribution in [-0.4, -0.2) is 58.3 Å². The number of alkyl halides is 2. The third-order valence-corrected chi connectivity index (χ3v) is 5.93. The number of amides is 2. The molecule has 2 N–H and O–H groups in total. The normalized spacial score (nSPS) is 22.3. The number of hydrogen-bond donors (Lipinski definition) is 1. The van der Waals surface area contributed by atoms with Crippen molar-refractivity contribution >= 4 is 17.6 Å². The summed E-state index contributed by atoms with van der Waals surface area (Å²) < 4.78 is 27.5. The average Bonchev–Trinajstić information content (AvgIpc) is 2.76. The van der Waals surface area contributed by atoms with Crippen LogP contribution in [-0.2, 0) is 11.2 Å². The van der Waals surface area contributed by atoms with Gasteiger partial charge in [0, 0.05) is 43.2 Å². The molecule has 1 aromatic rings. The smallest absolute Gasteiger partial charge is 0.265 e. The highest BCUT2D eigenvalue weighted by atomic mass is 19.3. The Morgan fingerprint density at radius 2 is 2.06 bits per heavy atom. The lowest BCUT2D eigenvalue weighted by atomic mass is 10.0. The number of carbonyl (C=O) groups excluding carboxylic acids is 2. The number of aromatic nitrogens is 1. The van der Waals surface area contributed by atoms with Gasteiger partial charge in [-0.3, -0.25) is 14.5 Å². The van der Waals surface area contributed by atoms with Gasteiger partial charge in [-0.05, 0) is 50.0 Å². The van der Waals surface area contributed by atoms with Crippen molar-refractivity contribution in [2.75, 3.05) is 24.5 Å². The second kappa shape index (κ2) is 8.46. The molecule has 1 atom stereocenters. The van der Waals surface area contributed by atoms with Crippen LogP contribution in [0.5, 0.6) is 0 Å². The Kier molecular flexibility index (Phi) is 5.85. The summed E-state index contributed by atoms with van der Waals surface area (Å²) in [7, 11) is 0. The molecule has 9 heteroatoms. The minimum atomic E-state index is -2.84. The standard InChI is InChI=1S/C23H27F2N5O2/c1-15(2)21(31)30-10-6-18(12-19(30)26)29-9-3-5-16-11-17(13-27-20(16)29)22(32)28-8-4-7-23(24,25)14-28/h6,10-13,19H,1,3-5,7-9,14,26H2,2H3. The van der Waals surface area contributed by atoms with E-state index >= 15 is 0 Å². The molecule has 1 unspecified atom stereocenters. The van der Waals surface area contributed by atoms with E-state index in [4.69, 9.17) is 5.73 Å². The molecule has 1 fully saturated rings. The highest BCUT2D eigenvalue weighted by molar-refractivity contribution is 5.95. The number of aryl methyl sites for hydroxylation is 1. The fraction of sp³-hybridized carbons (Fsp3) is 0.435. The van der Waals surface area contributed by atoms with Crippen molar-refractivity contribution in [3.05, 3.63) is 59.6 Å². The number of halogens is 2. The maximum Gasteiger partial charge on any atom is 0.265 e. The van der Waals surface area contributed by atoms with Gasteiger partial charge in [0.1, 0.15) is 12.0 Å². The van der Waals surface area contributed by atoms with Gasteiger partial charge in [0.15, 0.2) is 0 Å². The quantitative estimate of drug-likeness (QED) is 0.727. The molecule has 4 heterocycles. The number of rotatable bonds is 3. The summed E-state index contributed by atoms with van der Waals surface area (Å²) in [5, 5.41) is 0. The maximum absolute atomic E-state index is 13.7. The van der Waals surface area contributed by atoms with Gasteiger partial charge in [0.05, 0.1) is 12.1 Å². The number of carbonyl (C=O) groups is 2. The Labute approximate surface area is 185 Å². The van der Waals surface area contributed by atoms with E-state index in [9.17, 15) is 18.4 Å². The summed E-state index contributed by atoms with van der Waals surface area (Å²) >= 11 is 0. The number of nitrogens with zero attached hydrogens (tertiary/aromatic N) is 4. The number of piperidine rings is 1. The van der Waals surface area contributed by atoms with Gasteiger partial charge >= 0.3 is 0 Å². The van der Waals surface area contributed by atoms with Crippen molar-refractivity contribution in [3.63, 3.8) is 0 Å². The molecule has 0 bridgehead atoms. The summed E-state index contributed by atoms with van der Waals surface area (Å²) in [6.07, 6.45) is 7.72. The third kappa shape index (κ3) is 4.29. The topological polar surface area (TPSA) is 82.8 Å². The lowest BCUT2D eigenvalue weighted by Crippen LogP contribution is -2.45. The number of allylic oxidation sites excluding steroid dienone is 1. The van der Waals surface area contributed by atoms with Crippen molar-refractivity contribution in [1.82, 2.24) is 14.8 Å². The third-order valence-electron chi connectivity index (χ3n) is 5.93. The molecule has 2 amide bonds. The molecule has 0 spiro atoms. The van der Waals surface area contributed by atoms with E-state index < -0.39 is 24.5 Å². The monoisotopic (exact) mass is 443 g/mol. The summed E-state index contributed by atoms with van der Waals surface area (Å²) in [5.74, 6) is -2.79. The molecule has 32 heavy (non-hydrogen) atoms. The minimum absolute atomic E-state index is 0.186. The number of fused-ring (bicyclic) bond motifs is 1. The van der Waals surface area contributed by atoms with Gasteiger partial charge in [-0.25, -0.2) is 13.8 Å².